The van der Waals surface area contributed by atoms with Crippen molar-refractivity contribution in [3.05, 3.63) is 33.8 Å². The Labute approximate surface area is 128 Å². The Morgan fingerprint density at radius 3 is 2.45 bits per heavy atom. The molecule has 0 spiro atoms. The Morgan fingerprint density at radius 1 is 1.30 bits per heavy atom. The quantitative estimate of drug-likeness (QED) is 0.782. The number of ether oxygens (including phenoxy) is 1. The SMILES string of the molecule is CCOC(=O)CN(C(=O)c1ccc(Cl)cc1Cl)C(C)C. The number of nitrogens with zero attached hydrogens (tertiary/aromatic N) is 1. The molecule has 1 rings (SSSR count). The molecular weight excluding hydrogens is 301 g/mol. The van der Waals surface area contributed by atoms with Gasteiger partial charge in [0.05, 0.1) is 17.2 Å². The van der Waals surface area contributed by atoms with Crippen molar-refractivity contribution < 1.29 is 14.3 Å². The zero-order chi connectivity index (χ0) is 15.3. The summed E-state index contributed by atoms with van der Waals surface area (Å²) in [4.78, 5) is 25.4. The van der Waals surface area contributed by atoms with Gasteiger partial charge in [0.25, 0.3) is 5.91 Å². The van der Waals surface area contributed by atoms with Gasteiger partial charge in [0.1, 0.15) is 6.54 Å². The first-order valence-corrected chi connectivity index (χ1v) is 7.04. The zero-order valence-electron chi connectivity index (χ0n) is 11.7. The normalized spacial score (nSPS) is 10.5. The van der Waals surface area contributed by atoms with Gasteiger partial charge in [-0.3, -0.25) is 9.59 Å². The van der Waals surface area contributed by atoms with Gasteiger partial charge in [-0.1, -0.05) is 23.2 Å². The van der Waals surface area contributed by atoms with E-state index in [1.807, 2.05) is 13.8 Å². The summed E-state index contributed by atoms with van der Waals surface area (Å²) in [5, 5.41) is 0.713. The summed E-state index contributed by atoms with van der Waals surface area (Å²) >= 11 is 11.8. The molecule has 1 amide bonds. The molecule has 0 bridgehead atoms. The predicted molar refractivity (Wildman–Crippen MR) is 79.3 cm³/mol. The lowest BCUT2D eigenvalue weighted by Crippen LogP contribution is -2.41. The van der Waals surface area contributed by atoms with Gasteiger partial charge in [-0.2, -0.15) is 0 Å². The van der Waals surface area contributed by atoms with Crippen molar-refractivity contribution in [1.82, 2.24) is 4.90 Å². The van der Waals surface area contributed by atoms with Crippen LogP contribution in [0.5, 0.6) is 0 Å². The molecule has 0 aliphatic heterocycles. The van der Waals surface area contributed by atoms with E-state index < -0.39 is 5.97 Å². The van der Waals surface area contributed by atoms with Gasteiger partial charge < -0.3 is 9.64 Å². The average Bonchev–Trinajstić information content (AvgIpc) is 2.35. The molecule has 0 atom stereocenters. The molecule has 0 N–H and O–H groups in total. The van der Waals surface area contributed by atoms with E-state index in [1.54, 1.807) is 19.1 Å². The van der Waals surface area contributed by atoms with Crippen molar-refractivity contribution in [3.63, 3.8) is 0 Å². The highest BCUT2D eigenvalue weighted by atomic mass is 35.5. The summed E-state index contributed by atoms with van der Waals surface area (Å²) in [7, 11) is 0. The topological polar surface area (TPSA) is 46.6 Å². The molecule has 0 saturated heterocycles. The van der Waals surface area contributed by atoms with E-state index in [1.165, 1.54) is 11.0 Å². The summed E-state index contributed by atoms with van der Waals surface area (Å²) in [6.07, 6.45) is 0. The number of carbonyl (C=O) groups excluding carboxylic acids is 2. The minimum Gasteiger partial charge on any atom is -0.465 e. The monoisotopic (exact) mass is 317 g/mol. The van der Waals surface area contributed by atoms with Gasteiger partial charge in [0.15, 0.2) is 0 Å². The molecule has 1 aromatic rings. The molecule has 110 valence electrons. The van der Waals surface area contributed by atoms with E-state index in [0.29, 0.717) is 10.6 Å². The number of hydrogen-bond acceptors (Lipinski definition) is 3. The molecule has 1 aromatic carbocycles. The summed E-state index contributed by atoms with van der Waals surface area (Å²) in [5.74, 6) is -0.769. The molecule has 0 aliphatic rings. The van der Waals surface area contributed by atoms with Crippen LogP contribution in [-0.2, 0) is 9.53 Å². The van der Waals surface area contributed by atoms with Crippen LogP contribution in [0.15, 0.2) is 18.2 Å². The van der Waals surface area contributed by atoms with E-state index in [9.17, 15) is 9.59 Å². The third kappa shape index (κ3) is 4.39. The fourth-order valence-corrected chi connectivity index (χ4v) is 2.14. The Bertz CT molecular complexity index is 503. The lowest BCUT2D eigenvalue weighted by atomic mass is 10.1. The first kappa shape index (κ1) is 16.8. The number of carbonyl (C=O) groups is 2. The van der Waals surface area contributed by atoms with Gasteiger partial charge in [0.2, 0.25) is 0 Å². The fourth-order valence-electron chi connectivity index (χ4n) is 1.65. The molecule has 0 radical (unpaired) electrons. The molecule has 0 aromatic heterocycles. The number of hydrogen-bond donors (Lipinski definition) is 0. The van der Waals surface area contributed by atoms with Crippen LogP contribution in [0.1, 0.15) is 31.1 Å². The van der Waals surface area contributed by atoms with E-state index >= 15 is 0 Å². The Kier molecular flexibility index (Phi) is 6.30. The highest BCUT2D eigenvalue weighted by Gasteiger charge is 2.23. The molecule has 6 heteroatoms. The molecule has 20 heavy (non-hydrogen) atoms. The third-order valence-electron chi connectivity index (χ3n) is 2.65. The Balaban J connectivity index is 2.96. The molecule has 0 saturated carbocycles. The van der Waals surface area contributed by atoms with Crippen LogP contribution in [0.25, 0.3) is 0 Å². The van der Waals surface area contributed by atoms with Crippen molar-refractivity contribution in [1.29, 1.82) is 0 Å². The summed E-state index contributed by atoms with van der Waals surface area (Å²) in [5.41, 5.74) is 0.314. The highest BCUT2D eigenvalue weighted by Crippen LogP contribution is 2.23. The summed E-state index contributed by atoms with van der Waals surface area (Å²) < 4.78 is 4.87. The first-order chi connectivity index (χ1) is 9.36. The first-order valence-electron chi connectivity index (χ1n) is 6.28. The number of esters is 1. The summed E-state index contributed by atoms with van der Waals surface area (Å²) in [6.45, 7) is 5.53. The second-order valence-electron chi connectivity index (χ2n) is 4.46. The van der Waals surface area contributed by atoms with Crippen LogP contribution < -0.4 is 0 Å². The van der Waals surface area contributed by atoms with Crippen LogP contribution in [0.2, 0.25) is 10.0 Å². The molecule has 0 aliphatic carbocycles. The minimum absolute atomic E-state index is 0.108. The van der Waals surface area contributed by atoms with Gasteiger partial charge in [-0.15, -0.1) is 0 Å². The van der Waals surface area contributed by atoms with Crippen LogP contribution in [0.3, 0.4) is 0 Å². The van der Waals surface area contributed by atoms with E-state index in [0.717, 1.165) is 0 Å². The minimum atomic E-state index is -0.445. The van der Waals surface area contributed by atoms with E-state index in [4.69, 9.17) is 27.9 Å². The molecule has 0 fully saturated rings. The largest absolute Gasteiger partial charge is 0.465 e. The summed E-state index contributed by atoms with van der Waals surface area (Å²) in [6, 6.07) is 4.48. The van der Waals surface area contributed by atoms with E-state index in [2.05, 4.69) is 0 Å². The highest BCUT2D eigenvalue weighted by molar-refractivity contribution is 6.36. The van der Waals surface area contributed by atoms with Crippen LogP contribution in [0, 0.1) is 0 Å². The molecule has 0 unspecified atom stereocenters. The van der Waals surface area contributed by atoms with E-state index in [-0.39, 0.29) is 30.1 Å². The molecular formula is C14H17Cl2NO3. The van der Waals surface area contributed by atoms with Crippen molar-refractivity contribution >= 4 is 35.1 Å². The predicted octanol–water partition coefficient (Wildman–Crippen LogP) is 3.41. The standard InChI is InChI=1S/C14H17Cl2NO3/c1-4-20-13(18)8-17(9(2)3)14(19)11-6-5-10(15)7-12(11)16/h5-7,9H,4,8H2,1-3H3. The Morgan fingerprint density at radius 2 is 1.95 bits per heavy atom. The lowest BCUT2D eigenvalue weighted by molar-refractivity contribution is -0.144. The number of rotatable bonds is 5. The van der Waals surface area contributed by atoms with Crippen molar-refractivity contribution in [3.8, 4) is 0 Å². The fraction of sp³-hybridized carbons (Fsp3) is 0.429. The van der Waals surface area contributed by atoms with Crippen molar-refractivity contribution in [2.45, 2.75) is 26.8 Å². The second-order valence-corrected chi connectivity index (χ2v) is 5.30. The van der Waals surface area contributed by atoms with Crippen molar-refractivity contribution in [2.24, 2.45) is 0 Å². The van der Waals surface area contributed by atoms with Gasteiger partial charge in [0, 0.05) is 11.1 Å². The van der Waals surface area contributed by atoms with Gasteiger partial charge in [-0.05, 0) is 39.0 Å². The van der Waals surface area contributed by atoms with Crippen molar-refractivity contribution in [2.75, 3.05) is 13.2 Å². The second kappa shape index (κ2) is 7.50. The average molecular weight is 318 g/mol. The van der Waals surface area contributed by atoms with Crippen LogP contribution in [-0.4, -0.2) is 36.0 Å². The molecule has 0 heterocycles. The zero-order valence-corrected chi connectivity index (χ0v) is 13.2. The van der Waals surface area contributed by atoms with Gasteiger partial charge >= 0.3 is 5.97 Å². The maximum atomic E-state index is 12.4. The number of benzene rings is 1. The molecule has 4 nitrogen and oxygen atoms in total. The Hall–Kier alpha value is -1.26. The maximum Gasteiger partial charge on any atom is 0.325 e. The lowest BCUT2D eigenvalue weighted by Gasteiger charge is -2.26. The maximum absolute atomic E-state index is 12.4. The number of amides is 1. The van der Waals surface area contributed by atoms with Crippen LogP contribution >= 0.6 is 23.2 Å². The number of halogens is 2. The third-order valence-corrected chi connectivity index (χ3v) is 3.20. The smallest absolute Gasteiger partial charge is 0.325 e. The van der Waals surface area contributed by atoms with Gasteiger partial charge in [-0.25, -0.2) is 0 Å². The van der Waals surface area contributed by atoms with Crippen LogP contribution in [0.4, 0.5) is 0 Å².